The highest BCUT2D eigenvalue weighted by Gasteiger charge is 2.14. The number of nitrogens with two attached hydrogens (primary N) is 1. The molecule has 2 rings (SSSR count). The second kappa shape index (κ2) is 9.64. The van der Waals surface area contributed by atoms with Crippen LogP contribution in [0, 0.1) is 0 Å². The summed E-state index contributed by atoms with van der Waals surface area (Å²) in [5.74, 6) is 1.79. The Morgan fingerprint density at radius 1 is 1.04 bits per heavy atom. The van der Waals surface area contributed by atoms with E-state index in [4.69, 9.17) is 19.9 Å². The van der Waals surface area contributed by atoms with Gasteiger partial charge in [0.2, 0.25) is 0 Å². The van der Waals surface area contributed by atoms with Crippen molar-refractivity contribution < 1.29 is 19.0 Å². The van der Waals surface area contributed by atoms with Gasteiger partial charge >= 0.3 is 0 Å². The van der Waals surface area contributed by atoms with Crippen molar-refractivity contribution in [3.05, 3.63) is 47.5 Å². The Balaban J connectivity index is 0.00000312. The summed E-state index contributed by atoms with van der Waals surface area (Å²) in [6.45, 7) is 0.437. The molecule has 0 aromatic heterocycles. The molecular formula is C18H23ClN2O4. The minimum absolute atomic E-state index is 0. The van der Waals surface area contributed by atoms with E-state index in [-0.39, 0.29) is 18.3 Å². The lowest BCUT2D eigenvalue weighted by Crippen LogP contribution is -2.26. The first-order valence-corrected chi connectivity index (χ1v) is 7.51. The van der Waals surface area contributed by atoms with Crippen molar-refractivity contribution in [1.82, 2.24) is 5.32 Å². The Bertz CT molecular complexity index is 697. The molecule has 25 heavy (non-hydrogen) atoms. The molecule has 0 fully saturated rings. The van der Waals surface area contributed by atoms with Crippen LogP contribution >= 0.6 is 12.4 Å². The highest BCUT2D eigenvalue weighted by Crippen LogP contribution is 2.34. The molecule has 0 aliphatic rings. The summed E-state index contributed by atoms with van der Waals surface area (Å²) in [6.07, 6.45) is 0.560. The normalized spacial score (nSPS) is 9.72. The zero-order chi connectivity index (χ0) is 17.5. The average Bonchev–Trinajstić information content (AvgIpc) is 2.61. The first-order valence-electron chi connectivity index (χ1n) is 7.51. The monoisotopic (exact) mass is 366 g/mol. The number of halogens is 1. The van der Waals surface area contributed by atoms with Crippen LogP contribution in [0.4, 0.5) is 5.69 Å². The number of rotatable bonds is 7. The maximum atomic E-state index is 12.1. The van der Waals surface area contributed by atoms with Crippen molar-refractivity contribution in [3.8, 4) is 17.2 Å². The van der Waals surface area contributed by atoms with E-state index in [1.807, 2.05) is 0 Å². The number of amides is 1. The van der Waals surface area contributed by atoms with Crippen LogP contribution in [0.5, 0.6) is 17.2 Å². The van der Waals surface area contributed by atoms with Gasteiger partial charge in [-0.2, -0.15) is 0 Å². The number of ether oxygens (including phenoxy) is 3. The fourth-order valence-corrected chi connectivity index (χ4v) is 2.41. The van der Waals surface area contributed by atoms with E-state index in [9.17, 15) is 4.79 Å². The number of hydrogen-bond donors (Lipinski definition) is 2. The zero-order valence-electron chi connectivity index (χ0n) is 14.5. The molecule has 0 aliphatic heterocycles. The number of nitrogens with one attached hydrogen (secondary N) is 1. The highest BCUT2D eigenvalue weighted by molar-refractivity contribution is 5.94. The van der Waals surface area contributed by atoms with Gasteiger partial charge in [-0.25, -0.2) is 0 Å². The molecule has 0 saturated heterocycles. The molecule has 2 aromatic carbocycles. The summed E-state index contributed by atoms with van der Waals surface area (Å²) in [4.78, 5) is 12.1. The molecule has 0 radical (unpaired) electrons. The van der Waals surface area contributed by atoms with E-state index in [2.05, 4.69) is 5.32 Å². The number of hydrogen-bond acceptors (Lipinski definition) is 5. The van der Waals surface area contributed by atoms with E-state index >= 15 is 0 Å². The third kappa shape index (κ3) is 5.19. The Labute approximate surface area is 153 Å². The predicted molar refractivity (Wildman–Crippen MR) is 100 cm³/mol. The van der Waals surface area contributed by atoms with Crippen LogP contribution < -0.4 is 25.3 Å². The molecule has 2 aromatic rings. The van der Waals surface area contributed by atoms with E-state index in [0.717, 1.165) is 5.56 Å². The summed E-state index contributed by atoms with van der Waals surface area (Å²) in [7, 11) is 4.76. The number of carbonyl (C=O) groups excluding carboxylic acids is 1. The summed E-state index contributed by atoms with van der Waals surface area (Å²) < 4.78 is 16.0. The third-order valence-electron chi connectivity index (χ3n) is 3.63. The Morgan fingerprint density at radius 3 is 2.20 bits per heavy atom. The van der Waals surface area contributed by atoms with Crippen LogP contribution in [-0.2, 0) is 6.42 Å². The number of benzene rings is 2. The molecule has 6 nitrogen and oxygen atoms in total. The van der Waals surface area contributed by atoms with E-state index in [1.54, 1.807) is 57.7 Å². The molecule has 0 aliphatic carbocycles. The largest absolute Gasteiger partial charge is 0.496 e. The Morgan fingerprint density at radius 2 is 1.68 bits per heavy atom. The number of methoxy groups -OCH3 is 3. The molecule has 0 saturated carbocycles. The second-order valence-electron chi connectivity index (χ2n) is 5.14. The van der Waals surface area contributed by atoms with Gasteiger partial charge in [-0.05, 0) is 24.6 Å². The van der Waals surface area contributed by atoms with Gasteiger partial charge < -0.3 is 25.3 Å². The molecule has 0 heterocycles. The van der Waals surface area contributed by atoms with Crippen LogP contribution in [0.15, 0.2) is 36.4 Å². The summed E-state index contributed by atoms with van der Waals surface area (Å²) in [6, 6.07) is 10.4. The Kier molecular flexibility index (Phi) is 7.88. The van der Waals surface area contributed by atoms with Crippen molar-refractivity contribution in [1.29, 1.82) is 0 Å². The predicted octanol–water partition coefficient (Wildman–Crippen LogP) is 2.69. The van der Waals surface area contributed by atoms with Gasteiger partial charge in [0, 0.05) is 35.5 Å². The molecular weight excluding hydrogens is 344 g/mol. The van der Waals surface area contributed by atoms with Crippen molar-refractivity contribution in [3.63, 3.8) is 0 Å². The molecule has 0 unspecified atom stereocenters. The lowest BCUT2D eigenvalue weighted by atomic mass is 10.1. The summed E-state index contributed by atoms with van der Waals surface area (Å²) in [5, 5.41) is 2.87. The van der Waals surface area contributed by atoms with Crippen molar-refractivity contribution in [2.24, 2.45) is 0 Å². The molecule has 3 N–H and O–H groups in total. The lowest BCUT2D eigenvalue weighted by Gasteiger charge is -2.15. The summed E-state index contributed by atoms with van der Waals surface area (Å²) in [5.41, 5.74) is 7.65. The van der Waals surface area contributed by atoms with Gasteiger partial charge in [-0.1, -0.05) is 6.07 Å². The van der Waals surface area contributed by atoms with Crippen molar-refractivity contribution in [2.45, 2.75) is 6.42 Å². The van der Waals surface area contributed by atoms with Crippen LogP contribution in [0.25, 0.3) is 0 Å². The second-order valence-corrected chi connectivity index (χ2v) is 5.14. The van der Waals surface area contributed by atoms with Crippen molar-refractivity contribution >= 4 is 24.0 Å². The van der Waals surface area contributed by atoms with Crippen LogP contribution in [0.3, 0.4) is 0 Å². The average molecular weight is 367 g/mol. The quantitative estimate of drug-likeness (QED) is 0.736. The van der Waals surface area contributed by atoms with Gasteiger partial charge in [0.1, 0.15) is 17.2 Å². The van der Waals surface area contributed by atoms with Gasteiger partial charge in [0.25, 0.3) is 5.91 Å². The van der Waals surface area contributed by atoms with Crippen molar-refractivity contribution in [2.75, 3.05) is 33.6 Å². The topological polar surface area (TPSA) is 82.8 Å². The SMILES string of the molecule is COc1cc(OC)c(CCNC(=O)c2cccc(N)c2)c(OC)c1.Cl. The first kappa shape index (κ1) is 20.4. The van der Waals surface area contributed by atoms with Gasteiger partial charge in [-0.3, -0.25) is 4.79 Å². The molecule has 1 amide bonds. The van der Waals surface area contributed by atoms with Crippen LogP contribution in [0.2, 0.25) is 0 Å². The van der Waals surface area contributed by atoms with Crippen LogP contribution in [0.1, 0.15) is 15.9 Å². The smallest absolute Gasteiger partial charge is 0.251 e. The summed E-state index contributed by atoms with van der Waals surface area (Å²) >= 11 is 0. The minimum Gasteiger partial charge on any atom is -0.496 e. The standard InChI is InChI=1S/C18H22N2O4.ClH/c1-22-14-10-16(23-2)15(17(11-14)24-3)7-8-20-18(21)12-5-4-6-13(19)9-12;/h4-6,9-11H,7-8,19H2,1-3H3,(H,20,21);1H. The fourth-order valence-electron chi connectivity index (χ4n) is 2.41. The van der Waals surface area contributed by atoms with Gasteiger partial charge in [-0.15, -0.1) is 12.4 Å². The number of nitrogen functional groups attached to an aromatic ring is 1. The maximum Gasteiger partial charge on any atom is 0.251 e. The maximum absolute atomic E-state index is 12.1. The molecule has 136 valence electrons. The number of anilines is 1. The van der Waals surface area contributed by atoms with Gasteiger partial charge in [0.05, 0.1) is 21.3 Å². The van der Waals surface area contributed by atoms with E-state index in [0.29, 0.717) is 41.5 Å². The molecule has 0 atom stereocenters. The van der Waals surface area contributed by atoms with Gasteiger partial charge in [0.15, 0.2) is 0 Å². The number of carbonyl (C=O) groups is 1. The fraction of sp³-hybridized carbons (Fsp3) is 0.278. The minimum atomic E-state index is -0.172. The van der Waals surface area contributed by atoms with E-state index in [1.165, 1.54) is 0 Å². The Hall–Kier alpha value is -2.60. The highest BCUT2D eigenvalue weighted by atomic mass is 35.5. The zero-order valence-corrected chi connectivity index (χ0v) is 15.3. The van der Waals surface area contributed by atoms with E-state index < -0.39 is 0 Å². The molecule has 0 spiro atoms. The molecule has 7 heteroatoms. The first-order chi connectivity index (χ1) is 11.6. The van der Waals surface area contributed by atoms with Crippen LogP contribution in [-0.4, -0.2) is 33.8 Å². The lowest BCUT2D eigenvalue weighted by molar-refractivity contribution is 0.0954. The third-order valence-corrected chi connectivity index (χ3v) is 3.63. The molecule has 0 bridgehead atoms.